The molecule has 0 bridgehead atoms. The second-order valence-corrected chi connectivity index (χ2v) is 7.44. The molecule has 0 aliphatic carbocycles. The van der Waals surface area contributed by atoms with Crippen LogP contribution in [0.5, 0.6) is 11.5 Å². The third kappa shape index (κ3) is 4.99. The van der Waals surface area contributed by atoms with E-state index in [0.29, 0.717) is 49.3 Å². The molecule has 168 valence electrons. The van der Waals surface area contributed by atoms with Crippen molar-refractivity contribution in [2.45, 2.75) is 0 Å². The van der Waals surface area contributed by atoms with Crippen LogP contribution in [0.25, 0.3) is 12.2 Å². The van der Waals surface area contributed by atoms with E-state index in [2.05, 4.69) is 11.1 Å². The number of benzene rings is 2. The second kappa shape index (κ2) is 9.92. The lowest BCUT2D eigenvalue weighted by molar-refractivity contribution is 0.0745. The average molecular weight is 444 g/mol. The topological polar surface area (TPSA) is 91.8 Å². The minimum Gasteiger partial charge on any atom is -0.497 e. The third-order valence-corrected chi connectivity index (χ3v) is 5.41. The average Bonchev–Trinajstić information content (AvgIpc) is 3.30. The van der Waals surface area contributed by atoms with E-state index in [1.54, 1.807) is 43.4 Å². The molecule has 1 saturated heterocycles. The van der Waals surface area contributed by atoms with Crippen LogP contribution in [-0.4, -0.2) is 56.2 Å². The van der Waals surface area contributed by atoms with Crippen molar-refractivity contribution in [2.24, 2.45) is 0 Å². The zero-order valence-corrected chi connectivity index (χ0v) is 18.5. The maximum atomic E-state index is 12.8. The lowest BCUT2D eigenvalue weighted by atomic mass is 10.1. The van der Waals surface area contributed by atoms with Crippen LogP contribution in [0.3, 0.4) is 0 Å². The van der Waals surface area contributed by atoms with E-state index < -0.39 is 0 Å². The number of methoxy groups -OCH3 is 2. The van der Waals surface area contributed by atoms with E-state index in [1.807, 2.05) is 41.3 Å². The van der Waals surface area contributed by atoms with Crippen LogP contribution >= 0.6 is 0 Å². The summed E-state index contributed by atoms with van der Waals surface area (Å²) in [5.74, 6) is 2.13. The van der Waals surface area contributed by atoms with Crippen molar-refractivity contribution in [3.63, 3.8) is 0 Å². The summed E-state index contributed by atoms with van der Waals surface area (Å²) < 4.78 is 16.3. The van der Waals surface area contributed by atoms with Crippen LogP contribution in [0.2, 0.25) is 0 Å². The Morgan fingerprint density at radius 2 is 1.73 bits per heavy atom. The molecule has 3 aromatic rings. The van der Waals surface area contributed by atoms with Gasteiger partial charge in [-0.25, -0.2) is 0 Å². The number of nitriles is 1. The monoisotopic (exact) mass is 444 g/mol. The van der Waals surface area contributed by atoms with Crippen molar-refractivity contribution in [1.82, 2.24) is 9.88 Å². The van der Waals surface area contributed by atoms with Crippen molar-refractivity contribution < 1.29 is 18.7 Å². The van der Waals surface area contributed by atoms with Gasteiger partial charge in [0.1, 0.15) is 17.6 Å². The summed E-state index contributed by atoms with van der Waals surface area (Å²) >= 11 is 0. The Hall–Kier alpha value is -4.25. The van der Waals surface area contributed by atoms with Crippen molar-refractivity contribution in [2.75, 3.05) is 45.3 Å². The quantitative estimate of drug-likeness (QED) is 0.572. The molecule has 0 spiro atoms. The summed E-state index contributed by atoms with van der Waals surface area (Å²) in [7, 11) is 3.19. The first-order valence-corrected chi connectivity index (χ1v) is 10.5. The number of carbonyl (C=O) groups excluding carboxylic acids is 1. The minimum absolute atomic E-state index is 0.0476. The molecular formula is C25H24N4O4. The standard InChI is InChI=1S/C25H24N4O4/c1-31-20-7-3-5-18(15-20)9-10-23-27-22(17-26)25(33-23)29-13-11-28(12-14-29)24(30)19-6-4-8-21(16-19)32-2/h3-10,15-16H,11-14H2,1-2H3. The van der Waals surface area contributed by atoms with Crippen LogP contribution in [0.1, 0.15) is 27.5 Å². The predicted octanol–water partition coefficient (Wildman–Crippen LogP) is 3.70. The molecule has 4 rings (SSSR count). The fourth-order valence-electron chi connectivity index (χ4n) is 3.65. The van der Waals surface area contributed by atoms with Crippen LogP contribution in [0.4, 0.5) is 5.88 Å². The molecule has 0 unspecified atom stereocenters. The molecule has 0 N–H and O–H groups in total. The first kappa shape index (κ1) is 22.0. The van der Waals surface area contributed by atoms with Crippen LogP contribution < -0.4 is 14.4 Å². The van der Waals surface area contributed by atoms with Crippen molar-refractivity contribution in [1.29, 1.82) is 5.26 Å². The number of ether oxygens (including phenoxy) is 2. The van der Waals surface area contributed by atoms with E-state index in [-0.39, 0.29) is 11.6 Å². The van der Waals surface area contributed by atoms with Gasteiger partial charge in [-0.3, -0.25) is 4.79 Å². The lowest BCUT2D eigenvalue weighted by Gasteiger charge is -2.34. The van der Waals surface area contributed by atoms with E-state index >= 15 is 0 Å². The molecule has 8 nitrogen and oxygen atoms in total. The number of hydrogen-bond acceptors (Lipinski definition) is 7. The predicted molar refractivity (Wildman–Crippen MR) is 124 cm³/mol. The van der Waals surface area contributed by atoms with Gasteiger partial charge in [0.2, 0.25) is 17.5 Å². The van der Waals surface area contributed by atoms with E-state index in [4.69, 9.17) is 13.9 Å². The molecule has 8 heteroatoms. The highest BCUT2D eigenvalue weighted by Crippen LogP contribution is 2.25. The zero-order chi connectivity index (χ0) is 23.2. The first-order valence-electron chi connectivity index (χ1n) is 10.5. The maximum Gasteiger partial charge on any atom is 0.254 e. The van der Waals surface area contributed by atoms with Gasteiger partial charge in [-0.2, -0.15) is 10.2 Å². The largest absolute Gasteiger partial charge is 0.497 e. The van der Waals surface area contributed by atoms with Gasteiger partial charge < -0.3 is 23.7 Å². The van der Waals surface area contributed by atoms with Crippen LogP contribution in [0.15, 0.2) is 52.9 Å². The van der Waals surface area contributed by atoms with E-state index in [9.17, 15) is 10.1 Å². The summed E-state index contributed by atoms with van der Waals surface area (Å²) in [5, 5.41) is 9.54. The number of piperazine rings is 1. The lowest BCUT2D eigenvalue weighted by Crippen LogP contribution is -2.48. The summed E-state index contributed by atoms with van der Waals surface area (Å²) in [5.41, 5.74) is 1.75. The molecule has 33 heavy (non-hydrogen) atoms. The van der Waals surface area contributed by atoms with Crippen LogP contribution in [0, 0.1) is 11.3 Å². The molecule has 2 heterocycles. The highest BCUT2D eigenvalue weighted by atomic mass is 16.5. The smallest absolute Gasteiger partial charge is 0.254 e. The molecule has 1 aliphatic rings. The van der Waals surface area contributed by atoms with Gasteiger partial charge in [-0.05, 0) is 42.0 Å². The molecule has 1 fully saturated rings. The van der Waals surface area contributed by atoms with Gasteiger partial charge in [-0.1, -0.05) is 18.2 Å². The Bertz CT molecular complexity index is 1200. The van der Waals surface area contributed by atoms with Crippen molar-refractivity contribution >= 4 is 23.9 Å². The molecule has 1 amide bonds. The van der Waals surface area contributed by atoms with Crippen molar-refractivity contribution in [3.8, 4) is 17.6 Å². The Morgan fingerprint density at radius 1 is 1.03 bits per heavy atom. The fraction of sp³-hybridized carbons (Fsp3) is 0.240. The number of amides is 1. The zero-order valence-electron chi connectivity index (χ0n) is 18.5. The van der Waals surface area contributed by atoms with E-state index in [0.717, 1.165) is 11.3 Å². The highest BCUT2D eigenvalue weighted by Gasteiger charge is 2.26. The van der Waals surface area contributed by atoms with Gasteiger partial charge in [0, 0.05) is 37.8 Å². The number of hydrogen-bond donors (Lipinski definition) is 0. The number of rotatable bonds is 6. The summed E-state index contributed by atoms with van der Waals surface area (Å²) in [6.07, 6.45) is 3.58. The Morgan fingerprint density at radius 3 is 2.42 bits per heavy atom. The molecular weight excluding hydrogens is 420 g/mol. The number of carbonyl (C=O) groups is 1. The Kier molecular flexibility index (Phi) is 6.60. The summed E-state index contributed by atoms with van der Waals surface area (Å²) in [4.78, 5) is 20.9. The molecule has 1 aromatic heterocycles. The van der Waals surface area contributed by atoms with Crippen LogP contribution in [-0.2, 0) is 0 Å². The fourth-order valence-corrected chi connectivity index (χ4v) is 3.65. The Labute approximate surface area is 192 Å². The number of anilines is 1. The van der Waals surface area contributed by atoms with Gasteiger partial charge in [-0.15, -0.1) is 0 Å². The van der Waals surface area contributed by atoms with Gasteiger partial charge in [0.25, 0.3) is 5.91 Å². The Balaban J connectivity index is 1.44. The molecule has 0 atom stereocenters. The van der Waals surface area contributed by atoms with E-state index in [1.165, 1.54) is 0 Å². The molecule has 1 aliphatic heterocycles. The highest BCUT2D eigenvalue weighted by molar-refractivity contribution is 5.94. The maximum absolute atomic E-state index is 12.8. The number of oxazole rings is 1. The third-order valence-electron chi connectivity index (χ3n) is 5.41. The second-order valence-electron chi connectivity index (χ2n) is 7.44. The normalized spacial score (nSPS) is 13.7. The van der Waals surface area contributed by atoms with Gasteiger partial charge in [0.15, 0.2) is 0 Å². The first-order chi connectivity index (χ1) is 16.1. The molecule has 0 radical (unpaired) electrons. The van der Waals surface area contributed by atoms with Gasteiger partial charge in [0.05, 0.1) is 14.2 Å². The number of aromatic nitrogens is 1. The van der Waals surface area contributed by atoms with Gasteiger partial charge >= 0.3 is 0 Å². The summed E-state index contributed by atoms with van der Waals surface area (Å²) in [6.45, 7) is 2.10. The number of nitrogens with zero attached hydrogens (tertiary/aromatic N) is 4. The molecule has 0 saturated carbocycles. The minimum atomic E-state index is -0.0476. The van der Waals surface area contributed by atoms with Crippen molar-refractivity contribution in [3.05, 3.63) is 71.2 Å². The summed E-state index contributed by atoms with van der Waals surface area (Å²) in [6, 6.07) is 16.8. The SMILES string of the molecule is COc1cccc(C=Cc2nc(C#N)c(N3CCN(C(=O)c4cccc(OC)c4)CC3)o2)c1. The molecule has 2 aromatic carbocycles.